The highest BCUT2D eigenvalue weighted by Crippen LogP contribution is 2.21. The highest BCUT2D eigenvalue weighted by atomic mass is 35.5. The first-order valence-electron chi connectivity index (χ1n) is 6.33. The van der Waals surface area contributed by atoms with E-state index in [-0.39, 0.29) is 5.91 Å². The second-order valence-corrected chi connectivity index (χ2v) is 5.53. The summed E-state index contributed by atoms with van der Waals surface area (Å²) >= 11 is 11.9. The Balaban J connectivity index is 2.12. The van der Waals surface area contributed by atoms with E-state index in [4.69, 9.17) is 23.2 Å². The van der Waals surface area contributed by atoms with Crippen molar-refractivity contribution in [1.29, 1.82) is 0 Å². The number of nitrogens with zero attached hydrogens (tertiary/aromatic N) is 2. The van der Waals surface area contributed by atoms with Crippen LogP contribution in [0.1, 0.15) is 15.9 Å². The number of aromatic nitrogens is 1. The van der Waals surface area contributed by atoms with E-state index in [0.717, 1.165) is 5.56 Å². The molecule has 1 heterocycles. The lowest BCUT2D eigenvalue weighted by Gasteiger charge is -2.15. The molecule has 4 nitrogen and oxygen atoms in total. The Hall–Kier alpha value is -1.78. The summed E-state index contributed by atoms with van der Waals surface area (Å²) < 4.78 is 0. The molecular formula is C15H15Cl2N3O. The zero-order valence-electron chi connectivity index (χ0n) is 11.7. The van der Waals surface area contributed by atoms with Gasteiger partial charge in [-0.3, -0.25) is 4.79 Å². The van der Waals surface area contributed by atoms with Crippen LogP contribution in [-0.4, -0.2) is 25.0 Å². The molecule has 0 aliphatic carbocycles. The van der Waals surface area contributed by atoms with E-state index >= 15 is 0 Å². The molecule has 21 heavy (non-hydrogen) atoms. The van der Waals surface area contributed by atoms with Crippen LogP contribution in [0.5, 0.6) is 0 Å². The van der Waals surface area contributed by atoms with E-state index in [0.29, 0.717) is 28.0 Å². The van der Waals surface area contributed by atoms with Gasteiger partial charge in [-0.1, -0.05) is 29.3 Å². The molecular weight excluding hydrogens is 309 g/mol. The molecule has 1 N–H and O–H groups in total. The number of pyridine rings is 1. The SMILES string of the molecule is CN(C)c1ncccc1C(=O)NCc1ccc(Cl)cc1Cl. The second kappa shape index (κ2) is 6.78. The van der Waals surface area contributed by atoms with Crippen molar-refractivity contribution < 1.29 is 4.79 Å². The molecule has 2 aromatic rings. The van der Waals surface area contributed by atoms with E-state index in [1.165, 1.54) is 0 Å². The minimum Gasteiger partial charge on any atom is -0.362 e. The minimum atomic E-state index is -0.196. The third-order valence-corrected chi connectivity index (χ3v) is 3.50. The fourth-order valence-corrected chi connectivity index (χ4v) is 2.34. The Morgan fingerprint density at radius 1 is 1.29 bits per heavy atom. The predicted molar refractivity (Wildman–Crippen MR) is 86.2 cm³/mol. The van der Waals surface area contributed by atoms with Crippen molar-refractivity contribution >= 4 is 34.9 Å². The van der Waals surface area contributed by atoms with Crippen molar-refractivity contribution in [2.24, 2.45) is 0 Å². The lowest BCUT2D eigenvalue weighted by atomic mass is 10.2. The predicted octanol–water partition coefficient (Wildman–Crippen LogP) is 3.38. The number of rotatable bonds is 4. The summed E-state index contributed by atoms with van der Waals surface area (Å²) in [4.78, 5) is 18.3. The van der Waals surface area contributed by atoms with Crippen LogP contribution < -0.4 is 10.2 Å². The molecule has 0 saturated carbocycles. The molecule has 0 unspecified atom stereocenters. The van der Waals surface area contributed by atoms with Gasteiger partial charge in [-0.15, -0.1) is 0 Å². The monoisotopic (exact) mass is 323 g/mol. The Morgan fingerprint density at radius 3 is 2.71 bits per heavy atom. The summed E-state index contributed by atoms with van der Waals surface area (Å²) in [6, 6.07) is 8.66. The van der Waals surface area contributed by atoms with Gasteiger partial charge in [0.05, 0.1) is 5.56 Å². The van der Waals surface area contributed by atoms with E-state index in [9.17, 15) is 4.79 Å². The lowest BCUT2D eigenvalue weighted by Crippen LogP contribution is -2.26. The molecule has 0 atom stereocenters. The number of carbonyl (C=O) groups is 1. The summed E-state index contributed by atoms with van der Waals surface area (Å²) in [5.74, 6) is 0.426. The Kier molecular flexibility index (Phi) is 5.04. The van der Waals surface area contributed by atoms with Gasteiger partial charge in [-0.2, -0.15) is 0 Å². The van der Waals surface area contributed by atoms with Gasteiger partial charge in [0.15, 0.2) is 0 Å². The molecule has 0 bridgehead atoms. The topological polar surface area (TPSA) is 45.2 Å². The summed E-state index contributed by atoms with van der Waals surface area (Å²) in [5, 5.41) is 3.93. The highest BCUT2D eigenvalue weighted by Gasteiger charge is 2.13. The number of anilines is 1. The first-order chi connectivity index (χ1) is 9.99. The number of hydrogen-bond acceptors (Lipinski definition) is 3. The van der Waals surface area contributed by atoms with Gasteiger partial charge in [0.1, 0.15) is 5.82 Å². The molecule has 1 aromatic carbocycles. The van der Waals surface area contributed by atoms with Crippen LogP contribution in [0.3, 0.4) is 0 Å². The lowest BCUT2D eigenvalue weighted by molar-refractivity contribution is 0.0951. The van der Waals surface area contributed by atoms with Crippen molar-refractivity contribution in [2.45, 2.75) is 6.54 Å². The van der Waals surface area contributed by atoms with Gasteiger partial charge >= 0.3 is 0 Å². The molecule has 0 aliphatic heterocycles. The van der Waals surface area contributed by atoms with Crippen molar-refractivity contribution in [1.82, 2.24) is 10.3 Å². The summed E-state index contributed by atoms with van der Waals surface area (Å²) in [6.45, 7) is 0.330. The zero-order chi connectivity index (χ0) is 15.4. The van der Waals surface area contributed by atoms with Gasteiger partial charge in [-0.05, 0) is 29.8 Å². The first kappa shape index (κ1) is 15.6. The van der Waals surface area contributed by atoms with Gasteiger partial charge in [0.2, 0.25) is 0 Å². The fourth-order valence-electron chi connectivity index (χ4n) is 1.87. The first-order valence-corrected chi connectivity index (χ1v) is 7.09. The molecule has 0 radical (unpaired) electrons. The van der Waals surface area contributed by atoms with Crippen LogP contribution in [0.4, 0.5) is 5.82 Å². The smallest absolute Gasteiger partial charge is 0.255 e. The molecule has 6 heteroatoms. The maximum Gasteiger partial charge on any atom is 0.255 e. The largest absolute Gasteiger partial charge is 0.362 e. The van der Waals surface area contributed by atoms with Crippen molar-refractivity contribution in [3.8, 4) is 0 Å². The van der Waals surface area contributed by atoms with Crippen LogP contribution in [0.25, 0.3) is 0 Å². The van der Waals surface area contributed by atoms with E-state index in [1.54, 1.807) is 41.4 Å². The molecule has 0 aliphatic rings. The van der Waals surface area contributed by atoms with Crippen molar-refractivity contribution in [2.75, 3.05) is 19.0 Å². The summed E-state index contributed by atoms with van der Waals surface area (Å²) in [6.07, 6.45) is 1.65. The van der Waals surface area contributed by atoms with Gasteiger partial charge < -0.3 is 10.2 Å². The Labute approximate surface area is 133 Å². The zero-order valence-corrected chi connectivity index (χ0v) is 13.2. The van der Waals surface area contributed by atoms with Crippen LogP contribution in [0, 0.1) is 0 Å². The third kappa shape index (κ3) is 3.86. The third-order valence-electron chi connectivity index (χ3n) is 2.91. The number of halogens is 2. The molecule has 0 fully saturated rings. The maximum absolute atomic E-state index is 12.3. The molecule has 110 valence electrons. The number of amides is 1. The standard InChI is InChI=1S/C15H15Cl2N3O/c1-20(2)14-12(4-3-7-18-14)15(21)19-9-10-5-6-11(16)8-13(10)17/h3-8H,9H2,1-2H3,(H,19,21). The number of carbonyl (C=O) groups excluding carboxylic acids is 1. The normalized spacial score (nSPS) is 10.3. The Bertz CT molecular complexity index is 659. The van der Waals surface area contributed by atoms with Crippen LogP contribution in [0.2, 0.25) is 10.0 Å². The number of benzene rings is 1. The van der Waals surface area contributed by atoms with Crippen LogP contribution in [-0.2, 0) is 6.54 Å². The molecule has 1 aromatic heterocycles. The fraction of sp³-hybridized carbons (Fsp3) is 0.200. The number of hydrogen-bond donors (Lipinski definition) is 1. The van der Waals surface area contributed by atoms with Gasteiger partial charge in [0, 0.05) is 36.9 Å². The van der Waals surface area contributed by atoms with Gasteiger partial charge in [-0.25, -0.2) is 4.98 Å². The van der Waals surface area contributed by atoms with E-state index in [2.05, 4.69) is 10.3 Å². The van der Waals surface area contributed by atoms with Crippen LogP contribution in [0.15, 0.2) is 36.5 Å². The minimum absolute atomic E-state index is 0.196. The number of nitrogens with one attached hydrogen (secondary N) is 1. The molecule has 2 rings (SSSR count). The Morgan fingerprint density at radius 2 is 2.05 bits per heavy atom. The van der Waals surface area contributed by atoms with Crippen molar-refractivity contribution in [3.05, 3.63) is 57.7 Å². The summed E-state index contributed by atoms with van der Waals surface area (Å²) in [5.41, 5.74) is 1.33. The summed E-state index contributed by atoms with van der Waals surface area (Å²) in [7, 11) is 3.68. The molecule has 0 spiro atoms. The molecule has 0 saturated heterocycles. The van der Waals surface area contributed by atoms with Gasteiger partial charge in [0.25, 0.3) is 5.91 Å². The average molecular weight is 324 g/mol. The quantitative estimate of drug-likeness (QED) is 0.938. The highest BCUT2D eigenvalue weighted by molar-refractivity contribution is 6.35. The van der Waals surface area contributed by atoms with Crippen molar-refractivity contribution in [3.63, 3.8) is 0 Å². The van der Waals surface area contributed by atoms with E-state index in [1.807, 2.05) is 14.1 Å². The average Bonchev–Trinajstić information content (AvgIpc) is 2.46. The molecule has 1 amide bonds. The maximum atomic E-state index is 12.3. The second-order valence-electron chi connectivity index (χ2n) is 4.69. The van der Waals surface area contributed by atoms with Crippen LogP contribution >= 0.6 is 23.2 Å². The van der Waals surface area contributed by atoms with E-state index < -0.39 is 0 Å².